The molecule has 0 aliphatic carbocycles. The summed E-state index contributed by atoms with van der Waals surface area (Å²) in [5.74, 6) is 0.961. The minimum Gasteiger partial charge on any atom is -0.314 e. The van der Waals surface area contributed by atoms with E-state index in [-0.39, 0.29) is 0 Å². The fraction of sp³-hybridized carbons (Fsp3) is 0.300. The molecule has 80 valence electrons. The van der Waals surface area contributed by atoms with E-state index in [1.165, 1.54) is 0 Å². The minimum atomic E-state index is 0.752. The van der Waals surface area contributed by atoms with Gasteiger partial charge in [0.05, 0.1) is 12.5 Å². The maximum Gasteiger partial charge on any atom is 0.143 e. The summed E-state index contributed by atoms with van der Waals surface area (Å²) in [5.41, 5.74) is 1.10. The fourth-order valence-corrected chi connectivity index (χ4v) is 2.57. The van der Waals surface area contributed by atoms with Crippen LogP contribution in [0.4, 0.5) is 5.69 Å². The summed E-state index contributed by atoms with van der Waals surface area (Å²) in [4.78, 5) is 4.33. The quantitative estimate of drug-likeness (QED) is 0.714. The third-order valence-corrected chi connectivity index (χ3v) is 4.01. The summed E-state index contributed by atoms with van der Waals surface area (Å²) < 4.78 is 0.926. The van der Waals surface area contributed by atoms with Crippen molar-refractivity contribution in [2.75, 3.05) is 24.5 Å². The topological polar surface area (TPSA) is 6.48 Å². The molecular formula is C10H11ClN2S2. The average Bonchev–Trinajstić information content (AvgIpc) is 2.23. The van der Waals surface area contributed by atoms with Gasteiger partial charge in [-0.3, -0.25) is 4.90 Å². The van der Waals surface area contributed by atoms with E-state index in [1.54, 1.807) is 11.8 Å². The second kappa shape index (κ2) is 4.70. The van der Waals surface area contributed by atoms with Crippen LogP contribution in [0.1, 0.15) is 0 Å². The van der Waals surface area contributed by atoms with Crippen molar-refractivity contribution < 1.29 is 0 Å². The standard InChI is InChI=1S/C10H11ClN2S2/c1-12-6-13(10(14)15-7-12)9-4-2-8(11)3-5-9/h2-5H,6-7H2,1H3. The second-order valence-corrected chi connectivity index (χ2v) is 5.46. The van der Waals surface area contributed by atoms with E-state index >= 15 is 0 Å². The van der Waals surface area contributed by atoms with Gasteiger partial charge in [0, 0.05) is 10.7 Å². The van der Waals surface area contributed by atoms with Crippen molar-refractivity contribution >= 4 is 45.6 Å². The van der Waals surface area contributed by atoms with Gasteiger partial charge in [-0.15, -0.1) is 0 Å². The predicted molar refractivity (Wildman–Crippen MR) is 71.6 cm³/mol. The zero-order valence-electron chi connectivity index (χ0n) is 8.31. The maximum absolute atomic E-state index is 5.85. The molecule has 1 aliphatic rings. The lowest BCUT2D eigenvalue weighted by Gasteiger charge is -2.34. The van der Waals surface area contributed by atoms with Crippen molar-refractivity contribution in [3.63, 3.8) is 0 Å². The second-order valence-electron chi connectivity index (χ2n) is 3.44. The zero-order valence-corrected chi connectivity index (χ0v) is 10.7. The average molecular weight is 259 g/mol. The van der Waals surface area contributed by atoms with Gasteiger partial charge in [-0.1, -0.05) is 35.6 Å². The molecule has 0 radical (unpaired) electrons. The molecule has 1 aromatic carbocycles. The van der Waals surface area contributed by atoms with Crippen molar-refractivity contribution in [1.29, 1.82) is 0 Å². The lowest BCUT2D eigenvalue weighted by molar-refractivity contribution is 0.403. The predicted octanol–water partition coefficient (Wildman–Crippen LogP) is 3.02. The van der Waals surface area contributed by atoms with Gasteiger partial charge in [-0.05, 0) is 31.3 Å². The Morgan fingerprint density at radius 3 is 2.67 bits per heavy atom. The van der Waals surface area contributed by atoms with Crippen LogP contribution >= 0.6 is 35.6 Å². The van der Waals surface area contributed by atoms with Crippen molar-refractivity contribution in [2.24, 2.45) is 0 Å². The number of hydrogen-bond acceptors (Lipinski definition) is 3. The Kier molecular flexibility index (Phi) is 3.51. The first-order chi connectivity index (χ1) is 7.16. The van der Waals surface area contributed by atoms with Crippen molar-refractivity contribution in [2.45, 2.75) is 0 Å². The number of benzene rings is 1. The molecule has 0 atom stereocenters. The molecular weight excluding hydrogens is 248 g/mol. The van der Waals surface area contributed by atoms with Crippen LogP contribution in [0.2, 0.25) is 5.02 Å². The van der Waals surface area contributed by atoms with Crippen LogP contribution in [0.15, 0.2) is 24.3 Å². The Hall–Kier alpha value is -0.290. The van der Waals surface area contributed by atoms with E-state index in [1.807, 2.05) is 24.3 Å². The smallest absolute Gasteiger partial charge is 0.143 e. The SMILES string of the molecule is CN1CSC(=S)N(c2ccc(Cl)cc2)C1. The third kappa shape index (κ3) is 2.64. The van der Waals surface area contributed by atoms with Crippen LogP contribution in [0.3, 0.4) is 0 Å². The number of rotatable bonds is 1. The van der Waals surface area contributed by atoms with Gasteiger partial charge >= 0.3 is 0 Å². The Morgan fingerprint density at radius 2 is 2.00 bits per heavy atom. The minimum absolute atomic E-state index is 0.752. The monoisotopic (exact) mass is 258 g/mol. The number of nitrogens with zero attached hydrogens (tertiary/aromatic N) is 2. The number of hydrogen-bond donors (Lipinski definition) is 0. The molecule has 0 unspecified atom stereocenters. The highest BCUT2D eigenvalue weighted by Crippen LogP contribution is 2.25. The largest absolute Gasteiger partial charge is 0.314 e. The van der Waals surface area contributed by atoms with Gasteiger partial charge in [-0.2, -0.15) is 0 Å². The van der Waals surface area contributed by atoms with Crippen LogP contribution in [0.5, 0.6) is 0 Å². The van der Waals surface area contributed by atoms with Gasteiger partial charge in [0.15, 0.2) is 0 Å². The first-order valence-corrected chi connectivity index (χ1v) is 6.32. The molecule has 1 aromatic rings. The highest BCUT2D eigenvalue weighted by atomic mass is 35.5. The van der Waals surface area contributed by atoms with E-state index in [4.69, 9.17) is 23.8 Å². The molecule has 1 saturated heterocycles. The van der Waals surface area contributed by atoms with Gasteiger partial charge in [-0.25, -0.2) is 0 Å². The van der Waals surface area contributed by atoms with Gasteiger partial charge in [0.2, 0.25) is 0 Å². The number of thioether (sulfide) groups is 1. The molecule has 0 N–H and O–H groups in total. The van der Waals surface area contributed by atoms with Crippen molar-refractivity contribution in [3.05, 3.63) is 29.3 Å². The fourth-order valence-electron chi connectivity index (χ4n) is 1.39. The lowest BCUT2D eigenvalue weighted by Crippen LogP contribution is -2.42. The molecule has 2 rings (SSSR count). The maximum atomic E-state index is 5.85. The molecule has 1 heterocycles. The van der Waals surface area contributed by atoms with Gasteiger partial charge < -0.3 is 4.90 Å². The summed E-state index contributed by atoms with van der Waals surface area (Å²) in [5, 5.41) is 0.752. The summed E-state index contributed by atoms with van der Waals surface area (Å²) in [6.07, 6.45) is 0. The van der Waals surface area contributed by atoms with E-state index in [9.17, 15) is 0 Å². The van der Waals surface area contributed by atoms with Crippen LogP contribution < -0.4 is 4.90 Å². The van der Waals surface area contributed by atoms with Gasteiger partial charge in [0.25, 0.3) is 0 Å². The van der Waals surface area contributed by atoms with Crippen molar-refractivity contribution in [3.8, 4) is 0 Å². The number of thiocarbonyl (C=S) groups is 1. The summed E-state index contributed by atoms with van der Waals surface area (Å²) in [7, 11) is 2.08. The van der Waals surface area contributed by atoms with Crippen molar-refractivity contribution in [1.82, 2.24) is 4.90 Å². The molecule has 0 amide bonds. The molecule has 0 bridgehead atoms. The van der Waals surface area contributed by atoms with Crippen LogP contribution in [-0.2, 0) is 0 Å². The Morgan fingerprint density at radius 1 is 1.33 bits per heavy atom. The molecule has 1 aliphatic heterocycles. The highest BCUT2D eigenvalue weighted by molar-refractivity contribution is 8.23. The van der Waals surface area contributed by atoms with E-state index in [0.717, 1.165) is 27.6 Å². The first kappa shape index (κ1) is 11.2. The van der Waals surface area contributed by atoms with Crippen LogP contribution in [0.25, 0.3) is 0 Å². The van der Waals surface area contributed by atoms with Gasteiger partial charge in [0.1, 0.15) is 4.32 Å². The molecule has 5 heteroatoms. The Balaban J connectivity index is 2.21. The number of anilines is 1. The molecule has 2 nitrogen and oxygen atoms in total. The molecule has 0 aromatic heterocycles. The first-order valence-electron chi connectivity index (χ1n) is 4.55. The summed E-state index contributed by atoms with van der Waals surface area (Å²) in [6, 6.07) is 7.76. The molecule has 0 saturated carbocycles. The van der Waals surface area contributed by atoms with E-state index in [2.05, 4.69) is 16.8 Å². The van der Waals surface area contributed by atoms with Crippen LogP contribution in [0, 0.1) is 0 Å². The zero-order chi connectivity index (χ0) is 10.8. The summed E-state index contributed by atoms with van der Waals surface area (Å²) >= 11 is 12.9. The molecule has 1 fully saturated rings. The van der Waals surface area contributed by atoms with E-state index in [0.29, 0.717) is 0 Å². The molecule has 0 spiro atoms. The van der Waals surface area contributed by atoms with Crippen LogP contribution in [-0.4, -0.2) is 28.8 Å². The molecule has 15 heavy (non-hydrogen) atoms. The van der Waals surface area contributed by atoms with E-state index < -0.39 is 0 Å². The highest BCUT2D eigenvalue weighted by Gasteiger charge is 2.20. The summed E-state index contributed by atoms with van der Waals surface area (Å²) in [6.45, 7) is 0.841. The third-order valence-electron chi connectivity index (χ3n) is 2.15. The lowest BCUT2D eigenvalue weighted by atomic mass is 10.3. The normalized spacial score (nSPS) is 18.3. The number of halogens is 1. The Labute approximate surface area is 104 Å². The Bertz CT molecular complexity index is 366.